The lowest BCUT2D eigenvalue weighted by Crippen LogP contribution is -2.45. The van der Waals surface area contributed by atoms with E-state index in [1.54, 1.807) is 24.3 Å². The molecule has 158 valence electrons. The third-order valence-corrected chi connectivity index (χ3v) is 6.87. The van der Waals surface area contributed by atoms with E-state index in [2.05, 4.69) is 9.39 Å². The van der Waals surface area contributed by atoms with Gasteiger partial charge in [-0.1, -0.05) is 19.1 Å². The molecule has 2 N–H and O–H groups in total. The monoisotopic (exact) mass is 458 g/mol. The summed E-state index contributed by atoms with van der Waals surface area (Å²) in [6.45, 7) is 1.46. The van der Waals surface area contributed by atoms with Gasteiger partial charge in [-0.3, -0.25) is 10.2 Å². The number of fused-ring (bicyclic) bond motifs is 1. The third kappa shape index (κ3) is 3.70. The number of hydrogen-bond acceptors (Lipinski definition) is 8. The van der Waals surface area contributed by atoms with Crippen LogP contribution in [0.15, 0.2) is 55.8 Å². The zero-order chi connectivity index (χ0) is 22.3. The Morgan fingerprint density at radius 1 is 1.32 bits per heavy atom. The van der Waals surface area contributed by atoms with Crippen LogP contribution in [0.4, 0.5) is 0 Å². The Labute approximate surface area is 180 Å². The minimum atomic E-state index is -3.73. The zero-order valence-electron chi connectivity index (χ0n) is 15.9. The molecule has 2 aromatic rings. The molecule has 0 unspecified atom stereocenters. The molecule has 0 radical (unpaired) electrons. The van der Waals surface area contributed by atoms with Crippen molar-refractivity contribution in [2.75, 3.05) is 5.75 Å². The average Bonchev–Trinajstić information content (AvgIpc) is 3.38. The Morgan fingerprint density at radius 2 is 2.10 bits per heavy atom. The van der Waals surface area contributed by atoms with E-state index in [0.717, 1.165) is 16.8 Å². The highest BCUT2D eigenvalue weighted by Gasteiger charge is 2.42. The summed E-state index contributed by atoms with van der Waals surface area (Å²) in [5, 5.41) is 17.2. The van der Waals surface area contributed by atoms with E-state index >= 15 is 0 Å². The van der Waals surface area contributed by atoms with Crippen molar-refractivity contribution in [2.45, 2.75) is 6.92 Å². The van der Waals surface area contributed by atoms with Crippen molar-refractivity contribution in [2.24, 2.45) is 9.39 Å². The first kappa shape index (κ1) is 20.8. The number of carbonyl (C=O) groups is 2. The van der Waals surface area contributed by atoms with Crippen molar-refractivity contribution < 1.29 is 27.5 Å². The standard InChI is InChI=1S/C19H14N4O6S2/c1-2-31(27,28)19-22-30-18-21-16(24)13(15(20)23(18)19)9-12-6-7-14(29-12)10-4-3-5-11(8-10)17(25)26/h3-9,20H,2H2,1H3,(H,25,26). The average molecular weight is 458 g/mol. The first-order chi connectivity index (χ1) is 14.7. The minimum Gasteiger partial charge on any atom is -0.478 e. The number of carboxylic acid groups (broad SMARTS) is 1. The van der Waals surface area contributed by atoms with Crippen LogP contribution in [0, 0.1) is 5.41 Å². The van der Waals surface area contributed by atoms with Crippen LogP contribution in [0.3, 0.4) is 0 Å². The molecular formula is C19H14N4O6S2. The molecule has 0 saturated carbocycles. The molecule has 0 fully saturated rings. The zero-order valence-corrected chi connectivity index (χ0v) is 17.5. The van der Waals surface area contributed by atoms with Gasteiger partial charge in [0.25, 0.3) is 5.91 Å². The highest BCUT2D eigenvalue weighted by Crippen LogP contribution is 2.31. The van der Waals surface area contributed by atoms with Crippen molar-refractivity contribution in [3.8, 4) is 11.3 Å². The summed E-state index contributed by atoms with van der Waals surface area (Å²) in [7, 11) is -3.73. The largest absolute Gasteiger partial charge is 0.478 e. The molecule has 0 atom stereocenters. The fourth-order valence-electron chi connectivity index (χ4n) is 2.86. The van der Waals surface area contributed by atoms with Gasteiger partial charge in [0.15, 0.2) is 0 Å². The summed E-state index contributed by atoms with van der Waals surface area (Å²) in [6.07, 6.45) is 1.29. The number of carbonyl (C=O) groups excluding carboxylic acids is 1. The van der Waals surface area contributed by atoms with Gasteiger partial charge < -0.3 is 9.52 Å². The molecule has 0 aliphatic carbocycles. The predicted octanol–water partition coefficient (Wildman–Crippen LogP) is 2.66. The quantitative estimate of drug-likeness (QED) is 0.524. The lowest BCUT2D eigenvalue weighted by atomic mass is 10.1. The molecule has 1 amide bonds. The van der Waals surface area contributed by atoms with E-state index < -0.39 is 21.7 Å². The maximum Gasteiger partial charge on any atom is 0.335 e. The second-order valence-electron chi connectivity index (χ2n) is 6.40. The number of benzene rings is 1. The summed E-state index contributed by atoms with van der Waals surface area (Å²) in [5.74, 6) is -1.81. The highest BCUT2D eigenvalue weighted by atomic mass is 32.2. The molecule has 0 saturated heterocycles. The Morgan fingerprint density at radius 3 is 2.81 bits per heavy atom. The van der Waals surface area contributed by atoms with E-state index in [1.807, 2.05) is 0 Å². The number of sulfone groups is 1. The van der Waals surface area contributed by atoms with Gasteiger partial charge in [0.2, 0.25) is 20.2 Å². The molecule has 31 heavy (non-hydrogen) atoms. The Hall–Kier alpha value is -3.51. The molecule has 12 heteroatoms. The Kier molecular flexibility index (Phi) is 5.11. The smallest absolute Gasteiger partial charge is 0.335 e. The number of hydrogen-bond donors (Lipinski definition) is 2. The fraction of sp³-hybridized carbons (Fsp3) is 0.105. The number of rotatable bonds is 4. The maximum atomic E-state index is 12.4. The van der Waals surface area contributed by atoms with Crippen LogP contribution < -0.4 is 0 Å². The van der Waals surface area contributed by atoms with Crippen LogP contribution >= 0.6 is 11.9 Å². The number of furan rings is 1. The third-order valence-electron chi connectivity index (χ3n) is 4.46. The number of nitrogens with zero attached hydrogens (tertiary/aromatic N) is 3. The lowest BCUT2D eigenvalue weighted by Gasteiger charge is -2.24. The molecular weight excluding hydrogens is 444 g/mol. The SMILES string of the molecule is CCS(=O)(=O)C1=NSC2=NC(=O)C(=Cc3ccc(-c4cccc(C(=O)O)c4)o3)C(=N)N21. The van der Waals surface area contributed by atoms with Crippen LogP contribution in [0.2, 0.25) is 0 Å². The number of aliphatic imine (C=N–C) groups is 1. The Bertz CT molecular complexity index is 1340. The summed E-state index contributed by atoms with van der Waals surface area (Å²) >= 11 is 0.722. The van der Waals surface area contributed by atoms with Crippen LogP contribution in [0.1, 0.15) is 23.0 Å². The van der Waals surface area contributed by atoms with E-state index in [9.17, 15) is 18.0 Å². The van der Waals surface area contributed by atoms with Crippen molar-refractivity contribution in [1.82, 2.24) is 4.90 Å². The number of aromatic carboxylic acids is 1. The topological polar surface area (TPSA) is 153 Å². The van der Waals surface area contributed by atoms with Crippen LogP contribution in [0.25, 0.3) is 17.4 Å². The number of amidine groups is 3. The molecule has 0 bridgehead atoms. The van der Waals surface area contributed by atoms with Gasteiger partial charge in [0, 0.05) is 5.56 Å². The van der Waals surface area contributed by atoms with Gasteiger partial charge in [-0.05, 0) is 30.3 Å². The van der Waals surface area contributed by atoms with Crippen molar-refractivity contribution in [3.05, 3.63) is 53.3 Å². The molecule has 0 spiro atoms. The normalized spacial score (nSPS) is 17.6. The van der Waals surface area contributed by atoms with Gasteiger partial charge in [-0.2, -0.15) is 9.39 Å². The van der Waals surface area contributed by atoms with Gasteiger partial charge in [0.1, 0.15) is 17.4 Å². The van der Waals surface area contributed by atoms with E-state index in [4.69, 9.17) is 14.9 Å². The Balaban J connectivity index is 1.68. The van der Waals surface area contributed by atoms with Gasteiger partial charge in [-0.25, -0.2) is 18.1 Å². The predicted molar refractivity (Wildman–Crippen MR) is 116 cm³/mol. The van der Waals surface area contributed by atoms with Crippen molar-refractivity contribution >= 4 is 55.9 Å². The highest BCUT2D eigenvalue weighted by molar-refractivity contribution is 8.16. The number of carboxylic acids is 1. The molecule has 4 rings (SSSR count). The summed E-state index contributed by atoms with van der Waals surface area (Å²) in [5.41, 5.74) is 0.454. The van der Waals surface area contributed by atoms with Gasteiger partial charge in [0.05, 0.1) is 28.8 Å². The molecule has 2 aliphatic heterocycles. The molecule has 2 aliphatic rings. The number of amides is 1. The fourth-order valence-corrected chi connectivity index (χ4v) is 4.82. The van der Waals surface area contributed by atoms with Crippen LogP contribution in [0.5, 0.6) is 0 Å². The lowest BCUT2D eigenvalue weighted by molar-refractivity contribution is -0.114. The summed E-state index contributed by atoms with van der Waals surface area (Å²) in [4.78, 5) is 28.5. The molecule has 3 heterocycles. The maximum absolute atomic E-state index is 12.4. The van der Waals surface area contributed by atoms with E-state index in [-0.39, 0.29) is 38.8 Å². The van der Waals surface area contributed by atoms with E-state index in [1.165, 1.54) is 25.1 Å². The van der Waals surface area contributed by atoms with Crippen LogP contribution in [-0.4, -0.2) is 52.2 Å². The number of nitrogens with one attached hydrogen (secondary N) is 1. The van der Waals surface area contributed by atoms with Crippen LogP contribution in [-0.2, 0) is 14.6 Å². The first-order valence-electron chi connectivity index (χ1n) is 8.86. The molecule has 1 aromatic carbocycles. The van der Waals surface area contributed by atoms with E-state index in [0.29, 0.717) is 11.3 Å². The summed E-state index contributed by atoms with van der Waals surface area (Å²) < 4.78 is 34.1. The van der Waals surface area contributed by atoms with Crippen molar-refractivity contribution in [3.63, 3.8) is 0 Å². The minimum absolute atomic E-state index is 0.00444. The van der Waals surface area contributed by atoms with Gasteiger partial charge >= 0.3 is 5.97 Å². The molecule has 10 nitrogen and oxygen atoms in total. The summed E-state index contributed by atoms with van der Waals surface area (Å²) in [6, 6.07) is 9.29. The second kappa shape index (κ2) is 7.63. The van der Waals surface area contributed by atoms with Gasteiger partial charge in [-0.15, -0.1) is 0 Å². The second-order valence-corrected chi connectivity index (χ2v) is 9.30. The first-order valence-corrected chi connectivity index (χ1v) is 11.3. The molecule has 1 aromatic heterocycles. The van der Waals surface area contributed by atoms with Crippen molar-refractivity contribution in [1.29, 1.82) is 5.41 Å².